The molecular formula is C23H23N3O4. The fourth-order valence-corrected chi connectivity index (χ4v) is 3.63. The number of fused-ring (bicyclic) bond motifs is 1. The molecular weight excluding hydrogens is 382 g/mol. The van der Waals surface area contributed by atoms with Gasteiger partial charge in [0.1, 0.15) is 5.75 Å². The number of piperazine rings is 1. The second-order valence-corrected chi connectivity index (χ2v) is 7.38. The van der Waals surface area contributed by atoms with Crippen molar-refractivity contribution in [3.63, 3.8) is 0 Å². The molecule has 0 saturated carbocycles. The van der Waals surface area contributed by atoms with Gasteiger partial charge in [0.25, 0.3) is 11.6 Å². The number of nitro groups is 1. The Morgan fingerprint density at radius 1 is 0.933 bits per heavy atom. The third-order valence-electron chi connectivity index (χ3n) is 5.36. The second-order valence-electron chi connectivity index (χ2n) is 7.38. The van der Waals surface area contributed by atoms with Crippen molar-refractivity contribution in [3.8, 4) is 5.75 Å². The van der Waals surface area contributed by atoms with Crippen molar-refractivity contribution >= 4 is 22.4 Å². The van der Waals surface area contributed by atoms with Gasteiger partial charge in [-0.3, -0.25) is 19.8 Å². The molecule has 4 rings (SSSR count). The second kappa shape index (κ2) is 8.92. The van der Waals surface area contributed by atoms with Gasteiger partial charge in [-0.25, -0.2) is 0 Å². The predicted octanol–water partition coefficient (Wildman–Crippen LogP) is 3.47. The molecule has 1 aliphatic heterocycles. The quantitative estimate of drug-likeness (QED) is 0.464. The van der Waals surface area contributed by atoms with Crippen LogP contribution in [0.4, 0.5) is 5.69 Å². The Balaban J connectivity index is 1.25. The zero-order chi connectivity index (χ0) is 20.9. The zero-order valence-electron chi connectivity index (χ0n) is 16.6. The monoisotopic (exact) mass is 405 g/mol. The molecule has 1 amide bonds. The summed E-state index contributed by atoms with van der Waals surface area (Å²) >= 11 is 0. The van der Waals surface area contributed by atoms with E-state index in [1.165, 1.54) is 12.1 Å². The van der Waals surface area contributed by atoms with Crippen molar-refractivity contribution in [2.45, 2.75) is 6.54 Å². The normalized spacial score (nSPS) is 14.6. The highest BCUT2D eigenvalue weighted by molar-refractivity contribution is 5.84. The van der Waals surface area contributed by atoms with E-state index >= 15 is 0 Å². The van der Waals surface area contributed by atoms with Crippen molar-refractivity contribution in [1.29, 1.82) is 0 Å². The van der Waals surface area contributed by atoms with Crippen LogP contribution in [0.5, 0.6) is 5.75 Å². The van der Waals surface area contributed by atoms with Gasteiger partial charge >= 0.3 is 0 Å². The number of non-ortho nitro benzene ring substituents is 1. The number of ether oxygens (including phenoxy) is 1. The molecule has 1 heterocycles. The van der Waals surface area contributed by atoms with Crippen LogP contribution < -0.4 is 4.74 Å². The number of carbonyl (C=O) groups is 1. The van der Waals surface area contributed by atoms with Crippen LogP contribution >= 0.6 is 0 Å². The standard InChI is InChI=1S/C23H23N3O4/c27-23(17-30-22-10-7-19-3-1-2-4-20(19)15-22)25-13-11-24(12-14-25)16-18-5-8-21(9-6-18)26(28)29/h1-10,15H,11-14,16-17H2. The summed E-state index contributed by atoms with van der Waals surface area (Å²) in [5.41, 5.74) is 1.13. The number of carbonyl (C=O) groups excluding carboxylic acids is 1. The Bertz CT molecular complexity index is 1040. The lowest BCUT2D eigenvalue weighted by Gasteiger charge is -2.34. The van der Waals surface area contributed by atoms with Gasteiger partial charge in [0.05, 0.1) is 4.92 Å². The van der Waals surface area contributed by atoms with E-state index in [1.54, 1.807) is 12.1 Å². The number of nitrogens with zero attached hydrogens (tertiary/aromatic N) is 3. The van der Waals surface area contributed by atoms with Crippen molar-refractivity contribution in [1.82, 2.24) is 9.80 Å². The van der Waals surface area contributed by atoms with Gasteiger partial charge in [0, 0.05) is 44.9 Å². The van der Waals surface area contributed by atoms with Crippen LogP contribution in [0.25, 0.3) is 10.8 Å². The number of amides is 1. The van der Waals surface area contributed by atoms with Gasteiger partial charge in [-0.15, -0.1) is 0 Å². The highest BCUT2D eigenvalue weighted by atomic mass is 16.6. The molecule has 154 valence electrons. The van der Waals surface area contributed by atoms with Gasteiger partial charge in [-0.05, 0) is 28.5 Å². The van der Waals surface area contributed by atoms with Crippen LogP contribution in [0.15, 0.2) is 66.7 Å². The van der Waals surface area contributed by atoms with E-state index in [9.17, 15) is 14.9 Å². The third kappa shape index (κ3) is 4.75. The van der Waals surface area contributed by atoms with Crippen LogP contribution in [0.1, 0.15) is 5.56 Å². The van der Waals surface area contributed by atoms with E-state index in [0.717, 1.165) is 29.4 Å². The lowest BCUT2D eigenvalue weighted by Crippen LogP contribution is -2.49. The van der Waals surface area contributed by atoms with E-state index in [0.29, 0.717) is 25.4 Å². The summed E-state index contributed by atoms with van der Waals surface area (Å²) < 4.78 is 5.72. The summed E-state index contributed by atoms with van der Waals surface area (Å²) in [6.07, 6.45) is 0. The summed E-state index contributed by atoms with van der Waals surface area (Å²) in [4.78, 5) is 26.9. The number of hydrogen-bond donors (Lipinski definition) is 0. The Morgan fingerprint density at radius 3 is 2.33 bits per heavy atom. The molecule has 1 aliphatic rings. The lowest BCUT2D eigenvalue weighted by molar-refractivity contribution is -0.384. The highest BCUT2D eigenvalue weighted by Crippen LogP contribution is 2.21. The minimum atomic E-state index is -0.395. The summed E-state index contributed by atoms with van der Waals surface area (Å²) in [7, 11) is 0. The fraction of sp³-hybridized carbons (Fsp3) is 0.261. The molecule has 1 fully saturated rings. The Morgan fingerprint density at radius 2 is 1.63 bits per heavy atom. The van der Waals surface area contributed by atoms with Crippen LogP contribution in [0.3, 0.4) is 0 Å². The van der Waals surface area contributed by atoms with Gasteiger partial charge in [0.2, 0.25) is 0 Å². The lowest BCUT2D eigenvalue weighted by atomic mass is 10.1. The van der Waals surface area contributed by atoms with Crippen LogP contribution in [0.2, 0.25) is 0 Å². The summed E-state index contributed by atoms with van der Waals surface area (Å²) in [5, 5.41) is 13.0. The maximum absolute atomic E-state index is 12.5. The summed E-state index contributed by atoms with van der Waals surface area (Å²) in [6.45, 7) is 3.56. The molecule has 0 atom stereocenters. The zero-order valence-corrected chi connectivity index (χ0v) is 16.6. The van der Waals surface area contributed by atoms with E-state index in [1.807, 2.05) is 47.4 Å². The molecule has 3 aromatic rings. The first-order valence-electron chi connectivity index (χ1n) is 9.93. The molecule has 7 nitrogen and oxygen atoms in total. The average Bonchev–Trinajstić information content (AvgIpc) is 2.78. The minimum absolute atomic E-state index is 0.0156. The van der Waals surface area contributed by atoms with Crippen molar-refractivity contribution in [3.05, 3.63) is 82.4 Å². The molecule has 30 heavy (non-hydrogen) atoms. The van der Waals surface area contributed by atoms with E-state index < -0.39 is 4.92 Å². The third-order valence-corrected chi connectivity index (χ3v) is 5.36. The number of nitro benzene ring substituents is 1. The van der Waals surface area contributed by atoms with Crippen LogP contribution in [-0.4, -0.2) is 53.4 Å². The fourth-order valence-electron chi connectivity index (χ4n) is 3.63. The predicted molar refractivity (Wildman–Crippen MR) is 114 cm³/mol. The van der Waals surface area contributed by atoms with Crippen molar-refractivity contribution in [2.24, 2.45) is 0 Å². The number of hydrogen-bond acceptors (Lipinski definition) is 5. The van der Waals surface area contributed by atoms with Crippen molar-refractivity contribution < 1.29 is 14.5 Å². The molecule has 3 aromatic carbocycles. The van der Waals surface area contributed by atoms with Gasteiger partial charge in [-0.2, -0.15) is 0 Å². The molecule has 0 aliphatic carbocycles. The van der Waals surface area contributed by atoms with E-state index in [4.69, 9.17) is 4.74 Å². The number of benzene rings is 3. The maximum Gasteiger partial charge on any atom is 0.269 e. The minimum Gasteiger partial charge on any atom is -0.484 e. The van der Waals surface area contributed by atoms with E-state index in [2.05, 4.69) is 4.90 Å². The molecule has 0 radical (unpaired) electrons. The molecule has 7 heteroatoms. The summed E-state index contributed by atoms with van der Waals surface area (Å²) in [5.74, 6) is 0.678. The van der Waals surface area contributed by atoms with E-state index in [-0.39, 0.29) is 18.2 Å². The smallest absolute Gasteiger partial charge is 0.269 e. The van der Waals surface area contributed by atoms with Gasteiger partial charge in [-0.1, -0.05) is 42.5 Å². The highest BCUT2D eigenvalue weighted by Gasteiger charge is 2.21. The Kier molecular flexibility index (Phi) is 5.90. The Hall–Kier alpha value is -3.45. The first-order chi connectivity index (χ1) is 14.6. The van der Waals surface area contributed by atoms with Gasteiger partial charge in [0.15, 0.2) is 6.61 Å². The maximum atomic E-state index is 12.5. The van der Waals surface area contributed by atoms with Gasteiger partial charge < -0.3 is 9.64 Å². The average molecular weight is 405 g/mol. The molecule has 0 N–H and O–H groups in total. The van der Waals surface area contributed by atoms with Crippen molar-refractivity contribution in [2.75, 3.05) is 32.8 Å². The van der Waals surface area contributed by atoms with Crippen LogP contribution in [-0.2, 0) is 11.3 Å². The molecule has 0 aromatic heterocycles. The Labute approximate surface area is 174 Å². The SMILES string of the molecule is O=C(COc1ccc2ccccc2c1)N1CCN(Cc2ccc([N+](=O)[O-])cc2)CC1. The number of rotatable bonds is 6. The largest absolute Gasteiger partial charge is 0.484 e. The first kappa shape index (κ1) is 19.8. The topological polar surface area (TPSA) is 75.9 Å². The summed E-state index contributed by atoms with van der Waals surface area (Å²) in [6, 6.07) is 20.5. The molecule has 0 unspecified atom stereocenters. The van der Waals surface area contributed by atoms with Crippen LogP contribution in [0, 0.1) is 10.1 Å². The first-order valence-corrected chi connectivity index (χ1v) is 9.93. The molecule has 1 saturated heterocycles. The molecule has 0 spiro atoms. The molecule has 0 bridgehead atoms.